The second kappa shape index (κ2) is 3.92. The van der Waals surface area contributed by atoms with Crippen molar-refractivity contribution in [2.45, 2.75) is 19.4 Å². The van der Waals surface area contributed by atoms with Crippen LogP contribution in [0.15, 0.2) is 18.2 Å². The van der Waals surface area contributed by atoms with Crippen molar-refractivity contribution in [2.75, 3.05) is 5.73 Å². The van der Waals surface area contributed by atoms with Crippen LogP contribution in [0.1, 0.15) is 18.1 Å². The molecule has 1 rings (SSSR count). The molecule has 0 unspecified atom stereocenters. The van der Waals surface area contributed by atoms with Gasteiger partial charge in [-0.25, -0.2) is 0 Å². The Morgan fingerprint density at radius 2 is 2.23 bits per heavy atom. The molecule has 0 saturated heterocycles. The topological polar surface area (TPSA) is 75.8 Å². The number of hydrogen-bond acceptors (Lipinski definition) is 3. The van der Waals surface area contributed by atoms with Crippen molar-refractivity contribution in [3.8, 4) is 6.07 Å². The first kappa shape index (κ1) is 9.56. The first-order valence-electron chi connectivity index (χ1n) is 4.17. The molecule has 3 nitrogen and oxygen atoms in total. The quantitative estimate of drug-likeness (QED) is 0.659. The Morgan fingerprint density at radius 1 is 1.54 bits per heavy atom. The van der Waals surface area contributed by atoms with Crippen molar-refractivity contribution in [2.24, 2.45) is 5.73 Å². The number of nitriles is 1. The van der Waals surface area contributed by atoms with Crippen molar-refractivity contribution >= 4 is 5.69 Å². The smallest absolute Gasteiger partial charge is 0.0995 e. The Balaban J connectivity index is 3.01. The van der Waals surface area contributed by atoms with Crippen molar-refractivity contribution in [1.82, 2.24) is 0 Å². The lowest BCUT2D eigenvalue weighted by molar-refractivity contribution is 0.737. The predicted octanol–water partition coefficient (Wildman–Crippen LogP) is 1.03. The number of anilines is 1. The SMILES string of the molecule is C[C@@H](N)Cc1ccc(N)cc1C#N. The lowest BCUT2D eigenvalue weighted by Gasteiger charge is -2.07. The zero-order valence-electron chi connectivity index (χ0n) is 7.62. The molecular formula is C10H13N3. The van der Waals surface area contributed by atoms with E-state index in [1.165, 1.54) is 0 Å². The Kier molecular flexibility index (Phi) is 2.88. The van der Waals surface area contributed by atoms with E-state index >= 15 is 0 Å². The maximum absolute atomic E-state index is 8.81. The summed E-state index contributed by atoms with van der Waals surface area (Å²) in [6.07, 6.45) is 0.711. The summed E-state index contributed by atoms with van der Waals surface area (Å²) in [6, 6.07) is 7.50. The summed E-state index contributed by atoms with van der Waals surface area (Å²) in [4.78, 5) is 0. The standard InChI is InChI=1S/C10H13N3/c1-7(12)4-8-2-3-10(13)5-9(8)6-11/h2-3,5,7H,4,12-13H2,1H3/t7-/m1/s1. The van der Waals surface area contributed by atoms with Gasteiger partial charge in [0.05, 0.1) is 11.6 Å². The Labute approximate surface area is 78.0 Å². The van der Waals surface area contributed by atoms with E-state index in [4.69, 9.17) is 16.7 Å². The van der Waals surface area contributed by atoms with Gasteiger partial charge in [0.15, 0.2) is 0 Å². The van der Waals surface area contributed by atoms with E-state index < -0.39 is 0 Å². The van der Waals surface area contributed by atoms with E-state index in [0.717, 1.165) is 5.56 Å². The number of rotatable bonds is 2. The summed E-state index contributed by atoms with van der Waals surface area (Å²) in [6.45, 7) is 1.91. The average molecular weight is 175 g/mol. The molecule has 1 aromatic carbocycles. The zero-order valence-corrected chi connectivity index (χ0v) is 7.62. The fourth-order valence-corrected chi connectivity index (χ4v) is 1.22. The van der Waals surface area contributed by atoms with Crippen LogP contribution in [0.2, 0.25) is 0 Å². The predicted molar refractivity (Wildman–Crippen MR) is 52.9 cm³/mol. The van der Waals surface area contributed by atoms with Gasteiger partial charge >= 0.3 is 0 Å². The van der Waals surface area contributed by atoms with Crippen LogP contribution in [0.4, 0.5) is 5.69 Å². The minimum absolute atomic E-state index is 0.0655. The molecule has 0 aromatic heterocycles. The van der Waals surface area contributed by atoms with Crippen LogP contribution in [-0.4, -0.2) is 6.04 Å². The third-order valence-corrected chi connectivity index (χ3v) is 1.80. The Morgan fingerprint density at radius 3 is 2.77 bits per heavy atom. The number of nitrogen functional groups attached to an aromatic ring is 1. The lowest BCUT2D eigenvalue weighted by atomic mass is 10.0. The number of nitrogens with two attached hydrogens (primary N) is 2. The number of benzene rings is 1. The molecule has 0 radical (unpaired) electrons. The van der Waals surface area contributed by atoms with Gasteiger partial charge in [0.1, 0.15) is 0 Å². The van der Waals surface area contributed by atoms with Gasteiger partial charge in [-0.1, -0.05) is 6.07 Å². The number of hydrogen-bond donors (Lipinski definition) is 2. The fraction of sp³-hybridized carbons (Fsp3) is 0.300. The van der Waals surface area contributed by atoms with E-state index in [-0.39, 0.29) is 6.04 Å². The summed E-state index contributed by atoms with van der Waals surface area (Å²) in [7, 11) is 0. The molecule has 0 bridgehead atoms. The molecule has 1 atom stereocenters. The van der Waals surface area contributed by atoms with Crippen molar-refractivity contribution in [1.29, 1.82) is 5.26 Å². The molecule has 4 N–H and O–H groups in total. The van der Waals surface area contributed by atoms with E-state index in [0.29, 0.717) is 17.7 Å². The van der Waals surface area contributed by atoms with Gasteiger partial charge in [0, 0.05) is 11.7 Å². The first-order valence-corrected chi connectivity index (χ1v) is 4.17. The molecule has 0 saturated carbocycles. The van der Waals surface area contributed by atoms with Crippen molar-refractivity contribution in [3.63, 3.8) is 0 Å². The van der Waals surface area contributed by atoms with E-state index in [1.807, 2.05) is 13.0 Å². The molecule has 1 aromatic rings. The van der Waals surface area contributed by atoms with E-state index in [2.05, 4.69) is 6.07 Å². The molecule has 13 heavy (non-hydrogen) atoms. The first-order chi connectivity index (χ1) is 6.13. The largest absolute Gasteiger partial charge is 0.399 e. The maximum atomic E-state index is 8.81. The van der Waals surface area contributed by atoms with Crippen LogP contribution in [0, 0.1) is 11.3 Å². The molecule has 0 amide bonds. The lowest BCUT2D eigenvalue weighted by Crippen LogP contribution is -2.18. The second-order valence-electron chi connectivity index (χ2n) is 3.21. The van der Waals surface area contributed by atoms with Crippen LogP contribution in [0.25, 0.3) is 0 Å². The van der Waals surface area contributed by atoms with Gasteiger partial charge in [0.25, 0.3) is 0 Å². The van der Waals surface area contributed by atoms with Gasteiger partial charge in [0.2, 0.25) is 0 Å². The highest BCUT2D eigenvalue weighted by Crippen LogP contribution is 2.13. The molecule has 0 aliphatic heterocycles. The molecular weight excluding hydrogens is 162 g/mol. The van der Waals surface area contributed by atoms with E-state index in [1.54, 1.807) is 12.1 Å². The molecule has 0 fully saturated rings. The summed E-state index contributed by atoms with van der Waals surface area (Å²) >= 11 is 0. The normalized spacial score (nSPS) is 12.1. The summed E-state index contributed by atoms with van der Waals surface area (Å²) < 4.78 is 0. The van der Waals surface area contributed by atoms with Gasteiger partial charge < -0.3 is 11.5 Å². The van der Waals surface area contributed by atoms with Crippen LogP contribution in [0.5, 0.6) is 0 Å². The van der Waals surface area contributed by atoms with Gasteiger partial charge in [-0.05, 0) is 31.0 Å². The Bertz CT molecular complexity index is 337. The molecule has 68 valence electrons. The van der Waals surface area contributed by atoms with Gasteiger partial charge in [-0.3, -0.25) is 0 Å². The molecule has 0 heterocycles. The molecule has 0 spiro atoms. The minimum atomic E-state index is 0.0655. The maximum Gasteiger partial charge on any atom is 0.0995 e. The minimum Gasteiger partial charge on any atom is -0.399 e. The average Bonchev–Trinajstić information content (AvgIpc) is 2.07. The molecule has 3 heteroatoms. The zero-order chi connectivity index (χ0) is 9.84. The highest BCUT2D eigenvalue weighted by Gasteiger charge is 2.04. The van der Waals surface area contributed by atoms with Crippen LogP contribution >= 0.6 is 0 Å². The van der Waals surface area contributed by atoms with Crippen molar-refractivity contribution in [3.05, 3.63) is 29.3 Å². The fourth-order valence-electron chi connectivity index (χ4n) is 1.22. The second-order valence-corrected chi connectivity index (χ2v) is 3.21. The van der Waals surface area contributed by atoms with E-state index in [9.17, 15) is 0 Å². The third kappa shape index (κ3) is 2.46. The van der Waals surface area contributed by atoms with Crippen LogP contribution in [0.3, 0.4) is 0 Å². The van der Waals surface area contributed by atoms with Crippen molar-refractivity contribution < 1.29 is 0 Å². The van der Waals surface area contributed by atoms with Gasteiger partial charge in [-0.2, -0.15) is 5.26 Å². The van der Waals surface area contributed by atoms with Gasteiger partial charge in [-0.15, -0.1) is 0 Å². The number of nitrogens with zero attached hydrogens (tertiary/aromatic N) is 1. The Hall–Kier alpha value is -1.53. The summed E-state index contributed by atoms with van der Waals surface area (Å²) in [5, 5.41) is 8.81. The molecule has 0 aliphatic carbocycles. The third-order valence-electron chi connectivity index (χ3n) is 1.80. The highest BCUT2D eigenvalue weighted by molar-refractivity contribution is 5.50. The molecule has 0 aliphatic rings. The van der Waals surface area contributed by atoms with Crippen LogP contribution in [-0.2, 0) is 6.42 Å². The summed E-state index contributed by atoms with van der Waals surface area (Å²) in [5.74, 6) is 0. The monoisotopic (exact) mass is 175 g/mol. The highest BCUT2D eigenvalue weighted by atomic mass is 14.6. The van der Waals surface area contributed by atoms with Crippen LogP contribution < -0.4 is 11.5 Å². The summed E-state index contributed by atoms with van der Waals surface area (Å²) in [5.41, 5.74) is 13.4.